The van der Waals surface area contributed by atoms with Crippen LogP contribution in [0.25, 0.3) is 0 Å². The van der Waals surface area contributed by atoms with E-state index in [2.05, 4.69) is 49.9 Å². The van der Waals surface area contributed by atoms with Gasteiger partial charge in [-0.1, -0.05) is 55.5 Å². The molecule has 2 aromatic carbocycles. The highest BCUT2D eigenvalue weighted by Crippen LogP contribution is 2.25. The highest BCUT2D eigenvalue weighted by atomic mass is 16.5. The molecule has 0 heterocycles. The lowest BCUT2D eigenvalue weighted by Crippen LogP contribution is -2.10. The summed E-state index contributed by atoms with van der Waals surface area (Å²) >= 11 is 0. The van der Waals surface area contributed by atoms with Gasteiger partial charge < -0.3 is 10.5 Å². The average Bonchev–Trinajstić information content (AvgIpc) is 2.56. The third-order valence-electron chi connectivity index (χ3n) is 3.81. The van der Waals surface area contributed by atoms with E-state index < -0.39 is 0 Å². The molecule has 22 heavy (non-hydrogen) atoms. The fourth-order valence-corrected chi connectivity index (χ4v) is 2.45. The normalized spacial score (nSPS) is 11.9. The zero-order chi connectivity index (χ0) is 15.8. The molecule has 0 saturated carbocycles. The van der Waals surface area contributed by atoms with E-state index in [1.165, 1.54) is 5.56 Å². The highest BCUT2D eigenvalue weighted by Gasteiger charge is 2.08. The zero-order valence-corrected chi connectivity index (χ0v) is 13.3. The van der Waals surface area contributed by atoms with Crippen LogP contribution in [0.3, 0.4) is 0 Å². The topological polar surface area (TPSA) is 35.2 Å². The number of nitrogens with two attached hydrogens (primary N) is 1. The van der Waals surface area contributed by atoms with Crippen LogP contribution in [0.4, 0.5) is 0 Å². The minimum absolute atomic E-state index is 0.0851. The van der Waals surface area contributed by atoms with Gasteiger partial charge in [-0.2, -0.15) is 0 Å². The van der Waals surface area contributed by atoms with Gasteiger partial charge in [0.15, 0.2) is 0 Å². The van der Waals surface area contributed by atoms with Gasteiger partial charge in [-0.25, -0.2) is 0 Å². The Morgan fingerprint density at radius 3 is 2.64 bits per heavy atom. The Bertz CT molecular complexity index is 592. The summed E-state index contributed by atoms with van der Waals surface area (Å²) in [5.41, 5.74) is 9.73. The van der Waals surface area contributed by atoms with Gasteiger partial charge in [-0.3, -0.25) is 0 Å². The number of hydrogen-bond donors (Lipinski definition) is 1. The first-order valence-electron chi connectivity index (χ1n) is 7.90. The summed E-state index contributed by atoms with van der Waals surface area (Å²) in [5, 5.41) is 0. The third-order valence-corrected chi connectivity index (χ3v) is 3.81. The van der Waals surface area contributed by atoms with Crippen molar-refractivity contribution in [3.05, 3.63) is 77.9 Å². The average molecular weight is 295 g/mol. The summed E-state index contributed by atoms with van der Waals surface area (Å²) in [7, 11) is 0. The van der Waals surface area contributed by atoms with Gasteiger partial charge in [0.1, 0.15) is 5.75 Å². The van der Waals surface area contributed by atoms with Gasteiger partial charge in [-0.05, 0) is 35.6 Å². The fourth-order valence-electron chi connectivity index (χ4n) is 2.45. The molecule has 2 heteroatoms. The summed E-state index contributed by atoms with van der Waals surface area (Å²) in [6, 6.07) is 16.7. The molecule has 116 valence electrons. The summed E-state index contributed by atoms with van der Waals surface area (Å²) in [4.78, 5) is 0. The zero-order valence-electron chi connectivity index (χ0n) is 13.3. The molecule has 0 aliphatic heterocycles. The third kappa shape index (κ3) is 4.47. The van der Waals surface area contributed by atoms with Crippen molar-refractivity contribution in [3.8, 4) is 5.75 Å². The minimum Gasteiger partial charge on any atom is -0.493 e. The van der Waals surface area contributed by atoms with Gasteiger partial charge in [0, 0.05) is 12.5 Å². The highest BCUT2D eigenvalue weighted by molar-refractivity contribution is 5.39. The van der Waals surface area contributed by atoms with Crippen molar-refractivity contribution >= 4 is 0 Å². The first-order chi connectivity index (χ1) is 10.7. The number of rotatable bonds is 8. The lowest BCUT2D eigenvalue weighted by atomic mass is 10.0. The van der Waals surface area contributed by atoms with Crippen LogP contribution in [0.15, 0.2) is 61.2 Å². The molecule has 2 nitrogen and oxygen atoms in total. The molecular weight excluding hydrogens is 270 g/mol. The van der Waals surface area contributed by atoms with Crippen molar-refractivity contribution in [1.29, 1.82) is 0 Å². The predicted molar refractivity (Wildman–Crippen MR) is 93.2 cm³/mol. The molecule has 0 saturated heterocycles. The first kappa shape index (κ1) is 16.3. The minimum atomic E-state index is 0.0851. The number of benzene rings is 2. The molecule has 2 aromatic rings. The Hall–Kier alpha value is -2.06. The van der Waals surface area contributed by atoms with Crippen molar-refractivity contribution < 1.29 is 4.74 Å². The summed E-state index contributed by atoms with van der Waals surface area (Å²) in [6.07, 6.45) is 4.54. The molecule has 0 aromatic heterocycles. The van der Waals surface area contributed by atoms with Gasteiger partial charge in [0.25, 0.3) is 0 Å². The van der Waals surface area contributed by atoms with E-state index in [0.717, 1.165) is 36.1 Å². The van der Waals surface area contributed by atoms with Crippen molar-refractivity contribution in [3.63, 3.8) is 0 Å². The second-order valence-corrected chi connectivity index (χ2v) is 5.46. The molecule has 0 radical (unpaired) electrons. The lowest BCUT2D eigenvalue weighted by Gasteiger charge is -2.15. The smallest absolute Gasteiger partial charge is 0.122 e. The van der Waals surface area contributed by atoms with Gasteiger partial charge in [0.05, 0.1) is 6.61 Å². The SMILES string of the molecule is C=CCc1cc(C(N)CC)ccc1OCCc1ccccc1. The van der Waals surface area contributed by atoms with Crippen molar-refractivity contribution in [2.75, 3.05) is 6.61 Å². The van der Waals surface area contributed by atoms with Crippen LogP contribution in [0, 0.1) is 0 Å². The Balaban J connectivity index is 2.04. The standard InChI is InChI=1S/C20H25NO/c1-3-8-18-15-17(19(21)4-2)11-12-20(18)22-14-13-16-9-6-5-7-10-16/h3,5-7,9-12,15,19H,1,4,8,13-14,21H2,2H3. The number of hydrogen-bond acceptors (Lipinski definition) is 2. The molecule has 0 amide bonds. The number of ether oxygens (including phenoxy) is 1. The Morgan fingerprint density at radius 2 is 1.95 bits per heavy atom. The maximum atomic E-state index is 6.12. The second-order valence-electron chi connectivity index (χ2n) is 5.46. The van der Waals surface area contributed by atoms with Gasteiger partial charge in [-0.15, -0.1) is 6.58 Å². The molecule has 0 aliphatic rings. The molecule has 2 rings (SSSR count). The molecule has 1 atom stereocenters. The maximum absolute atomic E-state index is 6.12. The van der Waals surface area contributed by atoms with E-state index in [1.807, 2.05) is 18.2 Å². The van der Waals surface area contributed by atoms with E-state index >= 15 is 0 Å². The molecular formula is C20H25NO. The number of allylic oxidation sites excluding steroid dienone is 1. The van der Waals surface area contributed by atoms with Crippen molar-refractivity contribution in [2.45, 2.75) is 32.2 Å². The summed E-state index contributed by atoms with van der Waals surface area (Å²) < 4.78 is 5.97. The van der Waals surface area contributed by atoms with Gasteiger partial charge >= 0.3 is 0 Å². The summed E-state index contributed by atoms with van der Waals surface area (Å²) in [5.74, 6) is 0.933. The molecule has 2 N–H and O–H groups in total. The Morgan fingerprint density at radius 1 is 1.18 bits per heavy atom. The predicted octanol–water partition coefficient (Wildman–Crippen LogP) is 4.45. The fraction of sp³-hybridized carbons (Fsp3) is 0.300. The quantitative estimate of drug-likeness (QED) is 0.730. The lowest BCUT2D eigenvalue weighted by molar-refractivity contribution is 0.319. The maximum Gasteiger partial charge on any atom is 0.122 e. The van der Waals surface area contributed by atoms with E-state index in [1.54, 1.807) is 0 Å². The molecule has 0 fully saturated rings. The van der Waals surface area contributed by atoms with Gasteiger partial charge in [0.2, 0.25) is 0 Å². The van der Waals surface area contributed by atoms with Crippen LogP contribution in [0.5, 0.6) is 5.75 Å². The molecule has 0 bridgehead atoms. The van der Waals surface area contributed by atoms with Crippen LogP contribution in [0.1, 0.15) is 36.1 Å². The van der Waals surface area contributed by atoms with Crippen molar-refractivity contribution in [2.24, 2.45) is 5.73 Å². The first-order valence-corrected chi connectivity index (χ1v) is 7.90. The Kier molecular flexibility index (Phi) is 6.23. The molecule has 0 aliphatic carbocycles. The van der Waals surface area contributed by atoms with E-state index in [0.29, 0.717) is 6.61 Å². The largest absolute Gasteiger partial charge is 0.493 e. The second kappa shape index (κ2) is 8.40. The molecule has 1 unspecified atom stereocenters. The van der Waals surface area contributed by atoms with Crippen LogP contribution < -0.4 is 10.5 Å². The monoisotopic (exact) mass is 295 g/mol. The van der Waals surface area contributed by atoms with Crippen LogP contribution in [-0.4, -0.2) is 6.61 Å². The molecule has 0 spiro atoms. The van der Waals surface area contributed by atoms with E-state index in [-0.39, 0.29) is 6.04 Å². The van der Waals surface area contributed by atoms with E-state index in [4.69, 9.17) is 10.5 Å². The van der Waals surface area contributed by atoms with Crippen LogP contribution >= 0.6 is 0 Å². The van der Waals surface area contributed by atoms with Crippen LogP contribution in [-0.2, 0) is 12.8 Å². The Labute approximate surface area is 133 Å². The van der Waals surface area contributed by atoms with E-state index in [9.17, 15) is 0 Å². The van der Waals surface area contributed by atoms with Crippen LogP contribution in [0.2, 0.25) is 0 Å². The summed E-state index contributed by atoms with van der Waals surface area (Å²) in [6.45, 7) is 6.61. The van der Waals surface area contributed by atoms with Crippen molar-refractivity contribution in [1.82, 2.24) is 0 Å².